The number of nitrogen functional groups attached to an aromatic ring is 1. The fraction of sp³-hybridized carbons (Fsp3) is 0.207. The van der Waals surface area contributed by atoms with Gasteiger partial charge in [-0.25, -0.2) is 24.9 Å². The summed E-state index contributed by atoms with van der Waals surface area (Å²) in [6, 6.07) is 11.9. The van der Waals surface area contributed by atoms with Crippen LogP contribution in [0.2, 0.25) is 5.28 Å². The molecule has 1 atom stereocenters. The molecule has 13 heteroatoms. The van der Waals surface area contributed by atoms with Crippen LogP contribution in [0, 0.1) is 0 Å². The molecule has 5 heterocycles. The monoisotopic (exact) mass is 582 g/mol. The van der Waals surface area contributed by atoms with Gasteiger partial charge in [0.05, 0.1) is 6.04 Å². The first-order chi connectivity index (χ1) is 20.4. The van der Waals surface area contributed by atoms with Crippen LogP contribution in [0.3, 0.4) is 0 Å². The number of rotatable bonds is 7. The zero-order valence-electron chi connectivity index (χ0n) is 22.7. The van der Waals surface area contributed by atoms with E-state index in [4.69, 9.17) is 22.3 Å². The van der Waals surface area contributed by atoms with Crippen LogP contribution < -0.4 is 16.4 Å². The third-order valence-electron chi connectivity index (χ3n) is 7.07. The Morgan fingerprint density at radius 3 is 2.64 bits per heavy atom. The average molecular weight is 583 g/mol. The van der Waals surface area contributed by atoms with Crippen molar-refractivity contribution in [2.24, 2.45) is 0 Å². The maximum atomic E-state index is 13.4. The molecule has 0 spiro atoms. The number of fused-ring (bicyclic) bond motifs is 1. The van der Waals surface area contributed by atoms with Crippen molar-refractivity contribution in [3.63, 3.8) is 0 Å². The number of hydrogen-bond acceptors (Lipinski definition) is 9. The van der Waals surface area contributed by atoms with Crippen molar-refractivity contribution < 1.29 is 9.59 Å². The van der Waals surface area contributed by atoms with E-state index in [0.717, 1.165) is 24.2 Å². The highest BCUT2D eigenvalue weighted by Crippen LogP contribution is 2.37. The molecule has 4 aromatic heterocycles. The van der Waals surface area contributed by atoms with Gasteiger partial charge in [-0.3, -0.25) is 14.0 Å². The van der Waals surface area contributed by atoms with E-state index in [2.05, 4.69) is 30.6 Å². The Hall–Kier alpha value is -5.10. The Balaban J connectivity index is 1.30. The SMILES string of the molecule is CCNc1ccnc(NC(=O)c2ccc(-c3nc(C4CCCN4C(=O)c4ccnc(Cl)n4)n4ccnc(N)c34)cc2)c1. The molecule has 12 nitrogen and oxygen atoms in total. The summed E-state index contributed by atoms with van der Waals surface area (Å²) < 4.78 is 1.88. The Labute approximate surface area is 246 Å². The Morgan fingerprint density at radius 2 is 1.86 bits per heavy atom. The number of aromatic nitrogens is 6. The Morgan fingerprint density at radius 1 is 1.05 bits per heavy atom. The molecule has 6 rings (SSSR count). The Kier molecular flexibility index (Phi) is 7.36. The molecule has 5 aromatic rings. The quantitative estimate of drug-likeness (QED) is 0.235. The van der Waals surface area contributed by atoms with Crippen LogP contribution in [-0.4, -0.2) is 59.1 Å². The van der Waals surface area contributed by atoms with E-state index in [1.807, 2.05) is 29.5 Å². The van der Waals surface area contributed by atoms with Crippen molar-refractivity contribution >= 4 is 46.3 Å². The number of carbonyl (C=O) groups excluding carboxylic acids is 2. The van der Waals surface area contributed by atoms with Gasteiger partial charge >= 0.3 is 0 Å². The maximum absolute atomic E-state index is 13.4. The van der Waals surface area contributed by atoms with Gasteiger partial charge in [0.15, 0.2) is 0 Å². The molecule has 1 saturated heterocycles. The van der Waals surface area contributed by atoms with Gasteiger partial charge in [-0.15, -0.1) is 0 Å². The van der Waals surface area contributed by atoms with Gasteiger partial charge in [-0.2, -0.15) is 0 Å². The average Bonchev–Trinajstić information content (AvgIpc) is 3.63. The lowest BCUT2D eigenvalue weighted by Gasteiger charge is -2.23. The second kappa shape index (κ2) is 11.4. The minimum Gasteiger partial charge on any atom is -0.385 e. The fourth-order valence-electron chi connectivity index (χ4n) is 5.18. The maximum Gasteiger partial charge on any atom is 0.273 e. The van der Waals surface area contributed by atoms with Crippen molar-refractivity contribution in [1.29, 1.82) is 0 Å². The van der Waals surface area contributed by atoms with Gasteiger partial charge in [0.2, 0.25) is 5.28 Å². The molecule has 0 bridgehead atoms. The number of likely N-dealkylation sites (tertiary alicyclic amines) is 1. The molecule has 1 aliphatic heterocycles. The van der Waals surface area contributed by atoms with Gasteiger partial charge in [0.1, 0.15) is 34.4 Å². The number of anilines is 3. The third-order valence-corrected chi connectivity index (χ3v) is 7.25. The van der Waals surface area contributed by atoms with Gasteiger partial charge < -0.3 is 21.3 Å². The molecule has 4 N–H and O–H groups in total. The summed E-state index contributed by atoms with van der Waals surface area (Å²) in [4.78, 5) is 49.6. The zero-order valence-corrected chi connectivity index (χ0v) is 23.4. The first kappa shape index (κ1) is 27.1. The molecule has 212 valence electrons. The fourth-order valence-corrected chi connectivity index (χ4v) is 5.33. The van der Waals surface area contributed by atoms with Crippen molar-refractivity contribution in [3.05, 3.63) is 89.6 Å². The minimum absolute atomic E-state index is 0.0133. The molecule has 42 heavy (non-hydrogen) atoms. The summed E-state index contributed by atoms with van der Waals surface area (Å²) in [6.07, 6.45) is 8.01. The topological polar surface area (TPSA) is 156 Å². The van der Waals surface area contributed by atoms with E-state index < -0.39 is 0 Å². The number of nitrogens with zero attached hydrogens (tertiary/aromatic N) is 7. The van der Waals surface area contributed by atoms with Crippen LogP contribution in [-0.2, 0) is 0 Å². The molecule has 2 amide bonds. The lowest BCUT2D eigenvalue weighted by atomic mass is 10.1. The standard InChI is InChI=1S/C29H27ClN10O2/c1-2-32-19-9-11-33-22(16-19)37-27(41)18-7-5-17(6-8-18)23-24-25(31)34-13-15-40(24)26(38-23)21-4-3-14-39(21)28(42)20-10-12-35-29(30)36-20/h5-13,15-16,21H,2-4,14H2,1H3,(H2,31,34)(H2,32,33,37,41). The number of amides is 2. The number of nitrogens with two attached hydrogens (primary N) is 1. The Bertz CT molecular complexity index is 1790. The van der Waals surface area contributed by atoms with Gasteiger partial charge in [0.25, 0.3) is 11.8 Å². The van der Waals surface area contributed by atoms with Crippen molar-refractivity contribution in [2.75, 3.05) is 29.5 Å². The van der Waals surface area contributed by atoms with Crippen LogP contribution in [0.4, 0.5) is 17.3 Å². The second-order valence-electron chi connectivity index (χ2n) is 9.71. The summed E-state index contributed by atoms with van der Waals surface area (Å²) in [5.41, 5.74) is 9.88. The van der Waals surface area contributed by atoms with Gasteiger partial charge in [-0.05, 0) is 55.6 Å². The van der Waals surface area contributed by atoms with Gasteiger partial charge in [0, 0.05) is 60.8 Å². The highest BCUT2D eigenvalue weighted by atomic mass is 35.5. The summed E-state index contributed by atoms with van der Waals surface area (Å²) in [5, 5.41) is 6.05. The van der Waals surface area contributed by atoms with E-state index in [0.29, 0.717) is 47.2 Å². The van der Waals surface area contributed by atoms with E-state index in [1.54, 1.807) is 47.8 Å². The molecule has 1 fully saturated rings. The van der Waals surface area contributed by atoms with Crippen LogP contribution in [0.15, 0.2) is 67.3 Å². The molecule has 1 aliphatic rings. The first-order valence-corrected chi connectivity index (χ1v) is 13.8. The van der Waals surface area contributed by atoms with Crippen LogP contribution in [0.25, 0.3) is 16.8 Å². The number of pyridine rings is 1. The van der Waals surface area contributed by atoms with E-state index >= 15 is 0 Å². The third kappa shape index (κ3) is 5.19. The minimum atomic E-state index is -0.315. The smallest absolute Gasteiger partial charge is 0.273 e. The predicted octanol–water partition coefficient (Wildman–Crippen LogP) is 4.48. The molecule has 0 aliphatic carbocycles. The normalized spacial score (nSPS) is 14.7. The first-order valence-electron chi connectivity index (χ1n) is 13.5. The second-order valence-corrected chi connectivity index (χ2v) is 10.0. The largest absolute Gasteiger partial charge is 0.385 e. The number of halogens is 1. The van der Waals surface area contributed by atoms with Crippen LogP contribution in [0.5, 0.6) is 0 Å². The molecule has 1 unspecified atom stereocenters. The number of imidazole rings is 1. The number of benzene rings is 1. The number of hydrogen-bond donors (Lipinski definition) is 3. The predicted molar refractivity (Wildman–Crippen MR) is 159 cm³/mol. The van der Waals surface area contributed by atoms with Crippen molar-refractivity contribution in [2.45, 2.75) is 25.8 Å². The van der Waals surface area contributed by atoms with E-state index in [9.17, 15) is 9.59 Å². The summed E-state index contributed by atoms with van der Waals surface area (Å²) in [7, 11) is 0. The van der Waals surface area contributed by atoms with Gasteiger partial charge in [-0.1, -0.05) is 12.1 Å². The van der Waals surface area contributed by atoms with E-state index in [1.165, 1.54) is 6.20 Å². The van der Waals surface area contributed by atoms with Crippen LogP contribution >= 0.6 is 11.6 Å². The summed E-state index contributed by atoms with van der Waals surface area (Å²) >= 11 is 5.94. The lowest BCUT2D eigenvalue weighted by molar-refractivity contribution is 0.0723. The van der Waals surface area contributed by atoms with Crippen molar-refractivity contribution in [1.82, 2.24) is 34.2 Å². The summed E-state index contributed by atoms with van der Waals surface area (Å²) in [6.45, 7) is 3.30. The molecule has 1 aromatic carbocycles. The summed E-state index contributed by atoms with van der Waals surface area (Å²) in [5.74, 6) is 0.880. The number of nitrogens with one attached hydrogen (secondary N) is 2. The molecule has 0 radical (unpaired) electrons. The molecular formula is C29H27ClN10O2. The van der Waals surface area contributed by atoms with Crippen LogP contribution in [0.1, 0.15) is 52.5 Å². The van der Waals surface area contributed by atoms with E-state index in [-0.39, 0.29) is 28.8 Å². The highest BCUT2D eigenvalue weighted by Gasteiger charge is 2.35. The lowest BCUT2D eigenvalue weighted by Crippen LogP contribution is -2.32. The van der Waals surface area contributed by atoms with Crippen molar-refractivity contribution in [3.8, 4) is 11.3 Å². The number of carbonyl (C=O) groups is 2. The highest BCUT2D eigenvalue weighted by molar-refractivity contribution is 6.28. The zero-order chi connectivity index (χ0) is 29.2. The molecule has 0 saturated carbocycles. The molecular weight excluding hydrogens is 556 g/mol.